The van der Waals surface area contributed by atoms with Crippen molar-refractivity contribution in [3.05, 3.63) is 66.1 Å². The van der Waals surface area contributed by atoms with Gasteiger partial charge in [0.1, 0.15) is 17.1 Å². The fourth-order valence-electron chi connectivity index (χ4n) is 4.03. The number of aromatic nitrogens is 4. The van der Waals surface area contributed by atoms with Crippen molar-refractivity contribution in [2.24, 2.45) is 0 Å². The van der Waals surface area contributed by atoms with Gasteiger partial charge in [-0.05, 0) is 48.7 Å². The number of nitrogens with one attached hydrogen (secondary N) is 2. The van der Waals surface area contributed by atoms with Gasteiger partial charge < -0.3 is 14.6 Å². The lowest BCUT2D eigenvalue weighted by Gasteiger charge is -2.25. The van der Waals surface area contributed by atoms with E-state index in [0.717, 1.165) is 47.3 Å². The van der Waals surface area contributed by atoms with Crippen molar-refractivity contribution in [1.29, 1.82) is 0 Å². The third kappa shape index (κ3) is 3.14. The average Bonchev–Trinajstić information content (AvgIpc) is 3.52. The van der Waals surface area contributed by atoms with Crippen molar-refractivity contribution in [1.82, 2.24) is 25.1 Å². The summed E-state index contributed by atoms with van der Waals surface area (Å²) in [6.07, 6.45) is 5.46. The van der Waals surface area contributed by atoms with E-state index in [0.29, 0.717) is 11.3 Å². The van der Waals surface area contributed by atoms with Crippen LogP contribution < -0.4 is 4.74 Å². The first-order valence-electron chi connectivity index (χ1n) is 9.67. The third-order valence-corrected chi connectivity index (χ3v) is 5.50. The molecule has 1 saturated heterocycles. The SMILES string of the molecule is COc1cccc(C2CCCN2C(=O)c2cc3ccc(-c4cn[nH]c4)nc3[nH]2)c1. The molecule has 3 aromatic heterocycles. The molecule has 0 radical (unpaired) electrons. The van der Waals surface area contributed by atoms with Crippen LogP contribution in [0, 0.1) is 0 Å². The molecule has 1 amide bonds. The molecule has 2 N–H and O–H groups in total. The number of carbonyl (C=O) groups is 1. The highest BCUT2D eigenvalue weighted by atomic mass is 16.5. The molecular formula is C22H21N5O2. The van der Waals surface area contributed by atoms with Gasteiger partial charge in [0.15, 0.2) is 0 Å². The maximum absolute atomic E-state index is 13.3. The fourth-order valence-corrected chi connectivity index (χ4v) is 4.03. The number of nitrogens with zero attached hydrogens (tertiary/aromatic N) is 3. The highest BCUT2D eigenvalue weighted by molar-refractivity contribution is 5.98. The molecule has 4 aromatic rings. The summed E-state index contributed by atoms with van der Waals surface area (Å²) >= 11 is 0. The Morgan fingerprint density at radius 2 is 2.17 bits per heavy atom. The van der Waals surface area contributed by atoms with Crippen LogP contribution >= 0.6 is 0 Å². The molecule has 1 atom stereocenters. The molecule has 4 heterocycles. The van der Waals surface area contributed by atoms with Crippen LogP contribution in [0.3, 0.4) is 0 Å². The Labute approximate surface area is 167 Å². The third-order valence-electron chi connectivity index (χ3n) is 5.50. The van der Waals surface area contributed by atoms with Crippen LogP contribution in [0.25, 0.3) is 22.3 Å². The molecule has 0 bridgehead atoms. The first-order chi connectivity index (χ1) is 14.2. The summed E-state index contributed by atoms with van der Waals surface area (Å²) in [5.41, 5.74) is 4.08. The fraction of sp³-hybridized carbons (Fsp3) is 0.227. The average molecular weight is 387 g/mol. The number of likely N-dealkylation sites (tertiary alicyclic amines) is 1. The van der Waals surface area contributed by atoms with Gasteiger partial charge in [-0.2, -0.15) is 5.10 Å². The molecule has 0 saturated carbocycles. The molecule has 7 heteroatoms. The smallest absolute Gasteiger partial charge is 0.270 e. The second kappa shape index (κ2) is 7.09. The van der Waals surface area contributed by atoms with E-state index in [1.807, 2.05) is 41.3 Å². The van der Waals surface area contributed by atoms with E-state index in [-0.39, 0.29) is 11.9 Å². The monoisotopic (exact) mass is 387 g/mol. The molecule has 1 aliphatic heterocycles. The Balaban J connectivity index is 1.45. The zero-order valence-electron chi connectivity index (χ0n) is 16.1. The van der Waals surface area contributed by atoms with Crippen LogP contribution in [0.2, 0.25) is 0 Å². The van der Waals surface area contributed by atoms with Crippen molar-refractivity contribution < 1.29 is 9.53 Å². The number of rotatable bonds is 4. The van der Waals surface area contributed by atoms with E-state index >= 15 is 0 Å². The van der Waals surface area contributed by atoms with Gasteiger partial charge in [0, 0.05) is 23.7 Å². The van der Waals surface area contributed by atoms with Gasteiger partial charge in [-0.3, -0.25) is 9.89 Å². The molecule has 1 fully saturated rings. The number of H-pyrrole nitrogens is 2. The lowest BCUT2D eigenvalue weighted by atomic mass is 10.0. The summed E-state index contributed by atoms with van der Waals surface area (Å²) in [6.45, 7) is 0.740. The van der Waals surface area contributed by atoms with Gasteiger partial charge >= 0.3 is 0 Å². The predicted octanol–water partition coefficient (Wildman–Crippen LogP) is 3.94. The van der Waals surface area contributed by atoms with E-state index in [4.69, 9.17) is 4.74 Å². The van der Waals surface area contributed by atoms with Gasteiger partial charge in [0.05, 0.1) is 25.0 Å². The van der Waals surface area contributed by atoms with Gasteiger partial charge in [-0.25, -0.2) is 4.98 Å². The number of amides is 1. The van der Waals surface area contributed by atoms with Gasteiger partial charge in [0.25, 0.3) is 5.91 Å². The normalized spacial score (nSPS) is 16.4. The Bertz CT molecular complexity index is 1170. The Kier molecular flexibility index (Phi) is 4.27. The number of methoxy groups -OCH3 is 1. The highest BCUT2D eigenvalue weighted by Crippen LogP contribution is 2.34. The van der Waals surface area contributed by atoms with Crippen molar-refractivity contribution >= 4 is 16.9 Å². The summed E-state index contributed by atoms with van der Waals surface area (Å²) in [6, 6.07) is 13.8. The highest BCUT2D eigenvalue weighted by Gasteiger charge is 2.31. The number of ether oxygens (including phenoxy) is 1. The molecule has 29 heavy (non-hydrogen) atoms. The van der Waals surface area contributed by atoms with Gasteiger partial charge in [0.2, 0.25) is 0 Å². The van der Waals surface area contributed by atoms with E-state index in [1.54, 1.807) is 19.5 Å². The molecule has 0 aliphatic carbocycles. The first-order valence-corrected chi connectivity index (χ1v) is 9.67. The topological polar surface area (TPSA) is 86.9 Å². The number of hydrogen-bond donors (Lipinski definition) is 2. The maximum atomic E-state index is 13.3. The number of pyridine rings is 1. The van der Waals surface area contributed by atoms with E-state index < -0.39 is 0 Å². The number of carbonyl (C=O) groups excluding carboxylic acids is 1. The molecule has 146 valence electrons. The molecule has 1 aliphatic rings. The number of aromatic amines is 2. The summed E-state index contributed by atoms with van der Waals surface area (Å²) in [4.78, 5) is 23.1. The Morgan fingerprint density at radius 1 is 1.24 bits per heavy atom. The van der Waals surface area contributed by atoms with Crippen molar-refractivity contribution in [3.8, 4) is 17.0 Å². The number of fused-ring (bicyclic) bond motifs is 1. The van der Waals surface area contributed by atoms with Gasteiger partial charge in [-0.15, -0.1) is 0 Å². The largest absolute Gasteiger partial charge is 0.497 e. The summed E-state index contributed by atoms with van der Waals surface area (Å²) in [5, 5.41) is 7.68. The minimum atomic E-state index is -0.00168. The molecule has 1 unspecified atom stereocenters. The second-order valence-electron chi connectivity index (χ2n) is 7.24. The van der Waals surface area contributed by atoms with Crippen molar-refractivity contribution in [3.63, 3.8) is 0 Å². The minimum Gasteiger partial charge on any atom is -0.497 e. The maximum Gasteiger partial charge on any atom is 0.270 e. The summed E-state index contributed by atoms with van der Waals surface area (Å²) in [5.74, 6) is 0.807. The molecule has 7 nitrogen and oxygen atoms in total. The summed E-state index contributed by atoms with van der Waals surface area (Å²) in [7, 11) is 1.66. The molecule has 5 rings (SSSR count). The van der Waals surface area contributed by atoms with Crippen LogP contribution in [-0.4, -0.2) is 44.6 Å². The minimum absolute atomic E-state index is 0.00168. The van der Waals surface area contributed by atoms with Crippen LogP contribution in [0.5, 0.6) is 5.75 Å². The van der Waals surface area contributed by atoms with E-state index in [9.17, 15) is 4.79 Å². The zero-order valence-corrected chi connectivity index (χ0v) is 16.1. The molecule has 0 spiro atoms. The van der Waals surface area contributed by atoms with Crippen LogP contribution in [0.4, 0.5) is 0 Å². The summed E-state index contributed by atoms with van der Waals surface area (Å²) < 4.78 is 5.35. The lowest BCUT2D eigenvalue weighted by Crippen LogP contribution is -2.30. The quantitative estimate of drug-likeness (QED) is 0.555. The van der Waals surface area contributed by atoms with Crippen LogP contribution in [-0.2, 0) is 0 Å². The number of benzene rings is 1. The standard InChI is InChI=1S/C22H21N5O2/c1-29-17-5-2-4-14(10-17)20-6-3-9-27(20)22(28)19-11-15-7-8-18(25-21(15)26-19)16-12-23-24-13-16/h2,4-5,7-8,10-13,20H,3,6,9H2,1H3,(H,23,24)(H,25,26). The Hall–Kier alpha value is -3.61. The number of hydrogen-bond acceptors (Lipinski definition) is 4. The second-order valence-corrected chi connectivity index (χ2v) is 7.24. The lowest BCUT2D eigenvalue weighted by molar-refractivity contribution is 0.0730. The van der Waals surface area contributed by atoms with Gasteiger partial charge in [-0.1, -0.05) is 12.1 Å². The predicted molar refractivity (Wildman–Crippen MR) is 110 cm³/mol. The Morgan fingerprint density at radius 3 is 3.00 bits per heavy atom. The van der Waals surface area contributed by atoms with Crippen LogP contribution in [0.1, 0.15) is 34.9 Å². The van der Waals surface area contributed by atoms with Crippen molar-refractivity contribution in [2.45, 2.75) is 18.9 Å². The zero-order chi connectivity index (χ0) is 19.8. The first kappa shape index (κ1) is 17.5. The van der Waals surface area contributed by atoms with E-state index in [1.165, 1.54) is 0 Å². The molecular weight excluding hydrogens is 366 g/mol. The molecule has 1 aromatic carbocycles. The van der Waals surface area contributed by atoms with E-state index in [2.05, 4.69) is 26.2 Å². The van der Waals surface area contributed by atoms with Crippen LogP contribution in [0.15, 0.2) is 54.9 Å². The van der Waals surface area contributed by atoms with Crippen molar-refractivity contribution in [2.75, 3.05) is 13.7 Å².